The summed E-state index contributed by atoms with van der Waals surface area (Å²) < 4.78 is 0. The minimum absolute atomic E-state index is 0.199. The molecule has 1 aromatic rings. The molecule has 1 heterocycles. The third-order valence-corrected chi connectivity index (χ3v) is 1.72. The van der Waals surface area contributed by atoms with Crippen molar-refractivity contribution in [2.24, 2.45) is 0 Å². The van der Waals surface area contributed by atoms with Crippen molar-refractivity contribution < 1.29 is 9.59 Å². The first-order chi connectivity index (χ1) is 7.24. The van der Waals surface area contributed by atoms with Gasteiger partial charge in [0.05, 0.1) is 5.56 Å². The molecule has 0 unspecified atom stereocenters. The fourth-order valence-corrected chi connectivity index (χ4v) is 0.985. The second-order valence-electron chi connectivity index (χ2n) is 2.99. The van der Waals surface area contributed by atoms with Gasteiger partial charge < -0.3 is 0 Å². The van der Waals surface area contributed by atoms with Gasteiger partial charge in [-0.05, 0) is 18.6 Å². The van der Waals surface area contributed by atoms with E-state index in [0.717, 1.165) is 6.42 Å². The van der Waals surface area contributed by atoms with Crippen LogP contribution in [0.4, 0.5) is 0 Å². The minimum atomic E-state index is -0.368. The number of hydrogen-bond donors (Lipinski definition) is 2. The van der Waals surface area contributed by atoms with E-state index in [1.54, 1.807) is 18.3 Å². The van der Waals surface area contributed by atoms with Crippen molar-refractivity contribution in [3.63, 3.8) is 0 Å². The van der Waals surface area contributed by atoms with Crippen molar-refractivity contribution in [3.05, 3.63) is 30.1 Å². The summed E-state index contributed by atoms with van der Waals surface area (Å²) >= 11 is 0. The number of hydrogen-bond acceptors (Lipinski definition) is 3. The molecule has 0 aliphatic heterocycles. The second-order valence-corrected chi connectivity index (χ2v) is 2.99. The third-order valence-electron chi connectivity index (χ3n) is 1.72. The minimum Gasteiger partial charge on any atom is -0.273 e. The zero-order valence-corrected chi connectivity index (χ0v) is 8.49. The molecule has 80 valence electrons. The molecule has 0 radical (unpaired) electrons. The molecule has 0 saturated heterocycles. The van der Waals surface area contributed by atoms with Crippen LogP contribution in [0.2, 0.25) is 0 Å². The molecular formula is C10H13N3O2. The topological polar surface area (TPSA) is 71.1 Å². The van der Waals surface area contributed by atoms with Crippen molar-refractivity contribution in [1.82, 2.24) is 15.8 Å². The molecule has 5 nitrogen and oxygen atoms in total. The van der Waals surface area contributed by atoms with Crippen LogP contribution in [-0.2, 0) is 4.79 Å². The Bertz CT molecular complexity index is 338. The zero-order valence-electron chi connectivity index (χ0n) is 8.49. The van der Waals surface area contributed by atoms with Crippen LogP contribution in [0.5, 0.6) is 0 Å². The van der Waals surface area contributed by atoms with Crippen LogP contribution in [0, 0.1) is 0 Å². The number of aromatic nitrogens is 1. The van der Waals surface area contributed by atoms with E-state index in [2.05, 4.69) is 15.8 Å². The molecule has 0 aliphatic rings. The van der Waals surface area contributed by atoms with E-state index in [-0.39, 0.29) is 11.8 Å². The van der Waals surface area contributed by atoms with Gasteiger partial charge in [0.25, 0.3) is 5.91 Å². The molecule has 5 heteroatoms. The average Bonchev–Trinajstić information content (AvgIpc) is 2.27. The van der Waals surface area contributed by atoms with E-state index in [0.29, 0.717) is 12.0 Å². The Balaban J connectivity index is 2.40. The number of amides is 2. The highest BCUT2D eigenvalue weighted by molar-refractivity contribution is 5.94. The first-order valence-electron chi connectivity index (χ1n) is 4.73. The summed E-state index contributed by atoms with van der Waals surface area (Å²) in [6.07, 6.45) is 4.15. The lowest BCUT2D eigenvalue weighted by atomic mass is 10.3. The summed E-state index contributed by atoms with van der Waals surface area (Å²) in [5.41, 5.74) is 5.03. The van der Waals surface area contributed by atoms with Crippen LogP contribution in [0.15, 0.2) is 24.5 Å². The average molecular weight is 207 g/mol. The van der Waals surface area contributed by atoms with Gasteiger partial charge in [-0.1, -0.05) is 6.92 Å². The molecule has 15 heavy (non-hydrogen) atoms. The number of nitrogens with one attached hydrogen (secondary N) is 2. The van der Waals surface area contributed by atoms with E-state index < -0.39 is 0 Å². The standard InChI is InChI=1S/C10H13N3O2/c1-2-4-9(14)12-13-10(15)8-5-3-6-11-7-8/h3,5-7H,2,4H2,1H3,(H,12,14)(H,13,15). The summed E-state index contributed by atoms with van der Waals surface area (Å²) in [4.78, 5) is 26.2. The van der Waals surface area contributed by atoms with E-state index in [1.165, 1.54) is 6.20 Å². The predicted molar refractivity (Wildman–Crippen MR) is 54.8 cm³/mol. The van der Waals surface area contributed by atoms with E-state index in [4.69, 9.17) is 0 Å². The molecule has 0 aliphatic carbocycles. The van der Waals surface area contributed by atoms with Gasteiger partial charge in [-0.2, -0.15) is 0 Å². The fourth-order valence-electron chi connectivity index (χ4n) is 0.985. The highest BCUT2D eigenvalue weighted by atomic mass is 16.2. The molecule has 0 atom stereocenters. The van der Waals surface area contributed by atoms with Crippen molar-refractivity contribution in [2.45, 2.75) is 19.8 Å². The van der Waals surface area contributed by atoms with Gasteiger partial charge in [0.2, 0.25) is 5.91 Å². The Morgan fingerprint density at radius 1 is 1.40 bits per heavy atom. The summed E-state index contributed by atoms with van der Waals surface area (Å²) in [7, 11) is 0. The van der Waals surface area contributed by atoms with Gasteiger partial charge in [0.1, 0.15) is 0 Å². The van der Waals surface area contributed by atoms with Crippen LogP contribution in [0.25, 0.3) is 0 Å². The molecule has 0 aromatic carbocycles. The zero-order chi connectivity index (χ0) is 11.1. The van der Waals surface area contributed by atoms with E-state index >= 15 is 0 Å². The molecule has 0 bridgehead atoms. The van der Waals surface area contributed by atoms with E-state index in [9.17, 15) is 9.59 Å². The molecule has 0 saturated carbocycles. The van der Waals surface area contributed by atoms with Crippen LogP contribution in [0.3, 0.4) is 0 Å². The largest absolute Gasteiger partial charge is 0.273 e. The first-order valence-corrected chi connectivity index (χ1v) is 4.73. The van der Waals surface area contributed by atoms with Crippen molar-refractivity contribution in [3.8, 4) is 0 Å². The van der Waals surface area contributed by atoms with Crippen molar-refractivity contribution in [1.29, 1.82) is 0 Å². The first kappa shape index (κ1) is 11.2. The van der Waals surface area contributed by atoms with Gasteiger partial charge >= 0.3 is 0 Å². The van der Waals surface area contributed by atoms with E-state index in [1.807, 2.05) is 6.92 Å². The van der Waals surface area contributed by atoms with Gasteiger partial charge in [0, 0.05) is 18.8 Å². The maximum atomic E-state index is 11.4. The fraction of sp³-hybridized carbons (Fsp3) is 0.300. The molecule has 1 aromatic heterocycles. The van der Waals surface area contributed by atoms with Gasteiger partial charge in [-0.3, -0.25) is 25.4 Å². The molecule has 1 rings (SSSR count). The monoisotopic (exact) mass is 207 g/mol. The van der Waals surface area contributed by atoms with Gasteiger partial charge in [-0.25, -0.2) is 0 Å². The number of hydrazine groups is 1. The highest BCUT2D eigenvalue weighted by Crippen LogP contribution is 1.93. The quantitative estimate of drug-likeness (QED) is 0.714. The summed E-state index contributed by atoms with van der Waals surface area (Å²) in [5, 5.41) is 0. The Morgan fingerprint density at radius 2 is 2.20 bits per heavy atom. The number of carbonyl (C=O) groups excluding carboxylic acids is 2. The summed E-state index contributed by atoms with van der Waals surface area (Å²) in [5.74, 6) is -0.567. The maximum absolute atomic E-state index is 11.4. The van der Waals surface area contributed by atoms with Gasteiger partial charge in [0.15, 0.2) is 0 Å². The van der Waals surface area contributed by atoms with Crippen molar-refractivity contribution in [2.75, 3.05) is 0 Å². The molecule has 0 fully saturated rings. The summed E-state index contributed by atoms with van der Waals surface area (Å²) in [6, 6.07) is 3.27. The summed E-state index contributed by atoms with van der Waals surface area (Å²) in [6.45, 7) is 1.89. The number of rotatable bonds is 3. The lowest BCUT2D eigenvalue weighted by Crippen LogP contribution is -2.41. The second kappa shape index (κ2) is 5.74. The van der Waals surface area contributed by atoms with Gasteiger partial charge in [-0.15, -0.1) is 0 Å². The van der Waals surface area contributed by atoms with Crippen molar-refractivity contribution >= 4 is 11.8 Å². The highest BCUT2D eigenvalue weighted by Gasteiger charge is 2.05. The predicted octanol–water partition coefficient (Wildman–Crippen LogP) is 0.643. The van der Waals surface area contributed by atoms with Crippen LogP contribution in [-0.4, -0.2) is 16.8 Å². The number of nitrogens with zero attached hydrogens (tertiary/aromatic N) is 1. The Morgan fingerprint density at radius 3 is 2.80 bits per heavy atom. The smallest absolute Gasteiger partial charge is 0.271 e. The molecular weight excluding hydrogens is 194 g/mol. The van der Waals surface area contributed by atoms with Crippen LogP contribution in [0.1, 0.15) is 30.1 Å². The van der Waals surface area contributed by atoms with Crippen LogP contribution >= 0.6 is 0 Å². The third kappa shape index (κ3) is 3.76. The molecule has 2 amide bonds. The normalized spacial score (nSPS) is 9.40. The maximum Gasteiger partial charge on any atom is 0.271 e. The lowest BCUT2D eigenvalue weighted by Gasteiger charge is -2.05. The Hall–Kier alpha value is -1.91. The Labute approximate surface area is 87.9 Å². The van der Waals surface area contributed by atoms with Crippen LogP contribution < -0.4 is 10.9 Å². The SMILES string of the molecule is CCCC(=O)NNC(=O)c1cccnc1. The lowest BCUT2D eigenvalue weighted by molar-refractivity contribution is -0.121. The number of carbonyl (C=O) groups is 2. The molecule has 0 spiro atoms. The molecule has 2 N–H and O–H groups in total. The number of pyridine rings is 1. The Kier molecular flexibility index (Phi) is 4.28.